The van der Waals surface area contributed by atoms with E-state index in [1.165, 1.54) is 12.7 Å². The van der Waals surface area contributed by atoms with Gasteiger partial charge in [0, 0.05) is 25.7 Å². The summed E-state index contributed by atoms with van der Waals surface area (Å²) >= 11 is 0. The van der Waals surface area contributed by atoms with E-state index in [2.05, 4.69) is 14.6 Å². The largest absolute Gasteiger partial charge is 0.469 e. The highest BCUT2D eigenvalue weighted by atomic mass is 16.5. The molecule has 100 valence electrons. The molecular weight excluding hydrogens is 230 g/mol. The van der Waals surface area contributed by atoms with Gasteiger partial charge in [-0.1, -0.05) is 0 Å². The average molecular weight is 251 g/mol. The van der Waals surface area contributed by atoms with Crippen molar-refractivity contribution >= 4 is 5.97 Å². The fraction of sp³-hybridized carbons (Fsp3) is 0.538. The summed E-state index contributed by atoms with van der Waals surface area (Å²) in [5.74, 6) is -0.155. The molecule has 1 heterocycles. The monoisotopic (exact) mass is 251 g/mol. The predicted molar refractivity (Wildman–Crippen MR) is 69.7 cm³/mol. The summed E-state index contributed by atoms with van der Waals surface area (Å²) in [7, 11) is 3.44. The number of aromatic nitrogens is 1. The maximum absolute atomic E-state index is 11.0. The van der Waals surface area contributed by atoms with Crippen molar-refractivity contribution in [2.45, 2.75) is 25.9 Å². The number of rotatable bonds is 7. The second kappa shape index (κ2) is 7.79. The maximum atomic E-state index is 11.0. The van der Waals surface area contributed by atoms with Gasteiger partial charge in [-0.15, -0.1) is 0 Å². The fourth-order valence-electron chi connectivity index (χ4n) is 1.72. The standard InChI is InChI=1S/C13H21N3O2/c1-16(7-3-4-13(17)18-2)10-11-5-6-15-12(8-11)9-14/h5-6,8H,3-4,7,9-10,14H2,1-2H3. The van der Waals surface area contributed by atoms with E-state index in [-0.39, 0.29) is 5.97 Å². The van der Waals surface area contributed by atoms with Crippen molar-refractivity contribution in [1.29, 1.82) is 0 Å². The smallest absolute Gasteiger partial charge is 0.305 e. The number of nitrogens with two attached hydrogens (primary N) is 1. The van der Waals surface area contributed by atoms with Gasteiger partial charge in [0.2, 0.25) is 0 Å². The highest BCUT2D eigenvalue weighted by molar-refractivity contribution is 5.69. The van der Waals surface area contributed by atoms with Crippen molar-refractivity contribution in [2.75, 3.05) is 20.7 Å². The Hall–Kier alpha value is -1.46. The number of carbonyl (C=O) groups is 1. The minimum Gasteiger partial charge on any atom is -0.469 e. The first kappa shape index (κ1) is 14.6. The molecule has 1 aromatic rings. The van der Waals surface area contributed by atoms with Crippen LogP contribution in [0.3, 0.4) is 0 Å². The minimum absolute atomic E-state index is 0.155. The van der Waals surface area contributed by atoms with Gasteiger partial charge in [-0.3, -0.25) is 9.78 Å². The Morgan fingerprint density at radius 2 is 2.33 bits per heavy atom. The van der Waals surface area contributed by atoms with Gasteiger partial charge in [-0.2, -0.15) is 0 Å². The molecule has 5 heteroatoms. The first-order valence-corrected chi connectivity index (χ1v) is 6.05. The molecule has 18 heavy (non-hydrogen) atoms. The van der Waals surface area contributed by atoms with Crippen molar-refractivity contribution in [1.82, 2.24) is 9.88 Å². The lowest BCUT2D eigenvalue weighted by Gasteiger charge is -2.16. The van der Waals surface area contributed by atoms with E-state index in [9.17, 15) is 4.79 Å². The van der Waals surface area contributed by atoms with E-state index in [0.29, 0.717) is 13.0 Å². The van der Waals surface area contributed by atoms with E-state index in [0.717, 1.165) is 25.2 Å². The third-order valence-corrected chi connectivity index (χ3v) is 2.69. The summed E-state index contributed by atoms with van der Waals surface area (Å²) in [6.07, 6.45) is 3.04. The number of esters is 1. The van der Waals surface area contributed by atoms with Crippen LogP contribution >= 0.6 is 0 Å². The molecule has 0 spiro atoms. The molecule has 0 unspecified atom stereocenters. The van der Waals surface area contributed by atoms with Crippen molar-refractivity contribution in [3.8, 4) is 0 Å². The van der Waals surface area contributed by atoms with E-state index in [1.807, 2.05) is 19.2 Å². The number of methoxy groups -OCH3 is 1. The zero-order valence-electron chi connectivity index (χ0n) is 11.1. The van der Waals surface area contributed by atoms with E-state index in [1.54, 1.807) is 6.20 Å². The molecule has 0 fully saturated rings. The van der Waals surface area contributed by atoms with Crippen LogP contribution in [0.4, 0.5) is 0 Å². The minimum atomic E-state index is -0.155. The van der Waals surface area contributed by atoms with Crippen molar-refractivity contribution < 1.29 is 9.53 Å². The summed E-state index contributed by atoms with van der Waals surface area (Å²) < 4.78 is 4.60. The van der Waals surface area contributed by atoms with Crippen LogP contribution in [0.2, 0.25) is 0 Å². The highest BCUT2D eigenvalue weighted by Crippen LogP contribution is 2.05. The van der Waals surface area contributed by atoms with Gasteiger partial charge in [-0.25, -0.2) is 0 Å². The number of carbonyl (C=O) groups excluding carboxylic acids is 1. The molecule has 5 nitrogen and oxygen atoms in total. The van der Waals surface area contributed by atoms with Gasteiger partial charge in [0.25, 0.3) is 0 Å². The van der Waals surface area contributed by atoms with Crippen LogP contribution in [0.5, 0.6) is 0 Å². The molecule has 0 saturated carbocycles. The van der Waals surface area contributed by atoms with Gasteiger partial charge >= 0.3 is 5.97 Å². The van der Waals surface area contributed by atoms with Gasteiger partial charge in [0.15, 0.2) is 0 Å². The van der Waals surface area contributed by atoms with Crippen molar-refractivity contribution in [2.24, 2.45) is 5.73 Å². The topological polar surface area (TPSA) is 68.5 Å². The van der Waals surface area contributed by atoms with E-state index >= 15 is 0 Å². The normalized spacial score (nSPS) is 10.7. The third kappa shape index (κ3) is 5.25. The Kier molecular flexibility index (Phi) is 6.32. The summed E-state index contributed by atoms with van der Waals surface area (Å²) in [4.78, 5) is 17.3. The molecule has 0 bridgehead atoms. The van der Waals surface area contributed by atoms with Gasteiger partial charge in [-0.05, 0) is 37.7 Å². The number of ether oxygens (including phenoxy) is 1. The molecule has 2 N–H and O–H groups in total. The maximum Gasteiger partial charge on any atom is 0.305 e. The highest BCUT2D eigenvalue weighted by Gasteiger charge is 2.04. The van der Waals surface area contributed by atoms with Crippen LogP contribution in [-0.4, -0.2) is 36.6 Å². The molecular formula is C13H21N3O2. The Balaban J connectivity index is 2.34. The number of nitrogens with zero attached hydrogens (tertiary/aromatic N) is 2. The molecule has 0 saturated heterocycles. The number of hydrogen-bond acceptors (Lipinski definition) is 5. The molecule has 0 aliphatic rings. The van der Waals surface area contributed by atoms with Crippen LogP contribution in [0, 0.1) is 0 Å². The Morgan fingerprint density at radius 1 is 1.56 bits per heavy atom. The zero-order chi connectivity index (χ0) is 13.4. The Bertz CT molecular complexity index is 382. The van der Waals surface area contributed by atoms with Crippen LogP contribution < -0.4 is 5.73 Å². The molecule has 0 amide bonds. The van der Waals surface area contributed by atoms with Crippen LogP contribution in [0.1, 0.15) is 24.1 Å². The fourth-order valence-corrected chi connectivity index (χ4v) is 1.72. The zero-order valence-corrected chi connectivity index (χ0v) is 11.1. The van der Waals surface area contributed by atoms with Crippen molar-refractivity contribution in [3.05, 3.63) is 29.6 Å². The molecule has 1 aromatic heterocycles. The Morgan fingerprint density at radius 3 is 3.00 bits per heavy atom. The molecule has 0 aromatic carbocycles. The second-order valence-corrected chi connectivity index (χ2v) is 4.28. The number of hydrogen-bond donors (Lipinski definition) is 1. The summed E-state index contributed by atoms with van der Waals surface area (Å²) in [6, 6.07) is 3.99. The molecule has 0 aliphatic carbocycles. The predicted octanol–water partition coefficient (Wildman–Crippen LogP) is 0.925. The van der Waals surface area contributed by atoms with Crippen LogP contribution in [-0.2, 0) is 22.6 Å². The lowest BCUT2D eigenvalue weighted by Crippen LogP contribution is -2.20. The lowest BCUT2D eigenvalue weighted by molar-refractivity contribution is -0.140. The molecule has 0 radical (unpaired) electrons. The van der Waals surface area contributed by atoms with Gasteiger partial charge < -0.3 is 15.4 Å². The summed E-state index contributed by atoms with van der Waals surface area (Å²) in [6.45, 7) is 2.14. The van der Waals surface area contributed by atoms with E-state index in [4.69, 9.17) is 5.73 Å². The van der Waals surface area contributed by atoms with Gasteiger partial charge in [0.1, 0.15) is 0 Å². The SMILES string of the molecule is COC(=O)CCCN(C)Cc1ccnc(CN)c1. The van der Waals surface area contributed by atoms with Crippen molar-refractivity contribution in [3.63, 3.8) is 0 Å². The average Bonchev–Trinajstić information content (AvgIpc) is 2.38. The van der Waals surface area contributed by atoms with Gasteiger partial charge in [0.05, 0.1) is 12.8 Å². The summed E-state index contributed by atoms with van der Waals surface area (Å²) in [5.41, 5.74) is 7.64. The quantitative estimate of drug-likeness (QED) is 0.730. The molecule has 0 atom stereocenters. The number of pyridine rings is 1. The van der Waals surface area contributed by atoms with E-state index < -0.39 is 0 Å². The second-order valence-electron chi connectivity index (χ2n) is 4.28. The Labute approximate surface area is 108 Å². The first-order valence-electron chi connectivity index (χ1n) is 6.05. The third-order valence-electron chi connectivity index (χ3n) is 2.69. The first-order chi connectivity index (χ1) is 8.65. The van der Waals surface area contributed by atoms with Crippen LogP contribution in [0.25, 0.3) is 0 Å². The molecule has 0 aliphatic heterocycles. The summed E-state index contributed by atoms with van der Waals surface area (Å²) in [5, 5.41) is 0. The molecule has 1 rings (SSSR count). The lowest BCUT2D eigenvalue weighted by atomic mass is 10.2. The van der Waals surface area contributed by atoms with Crippen LogP contribution in [0.15, 0.2) is 18.3 Å².